The number of para-hydroxylation sites is 1. The molecule has 7 heteroatoms. The maximum atomic E-state index is 12.2. The Morgan fingerprint density at radius 3 is 2.50 bits per heavy atom. The number of hydrogen-bond acceptors (Lipinski definition) is 5. The first kappa shape index (κ1) is 14.9. The summed E-state index contributed by atoms with van der Waals surface area (Å²) in [4.78, 5) is -0.172. The zero-order chi connectivity index (χ0) is 13.6. The van der Waals surface area contributed by atoms with Gasteiger partial charge in [0.2, 0.25) is 10.0 Å². The predicted octanol–water partition coefficient (Wildman–Crippen LogP) is 0.0216. The van der Waals surface area contributed by atoms with E-state index in [1.165, 1.54) is 25.3 Å². The van der Waals surface area contributed by atoms with E-state index in [0.29, 0.717) is 0 Å². The lowest BCUT2D eigenvalue weighted by molar-refractivity contribution is 0.168. The lowest BCUT2D eigenvalue weighted by Crippen LogP contribution is -2.36. The van der Waals surface area contributed by atoms with E-state index in [1.54, 1.807) is 6.07 Å². The fourth-order valence-corrected chi connectivity index (χ4v) is 2.97. The molecule has 0 aromatic heterocycles. The smallest absolute Gasteiger partial charge is 0.246 e. The number of benzene rings is 1. The fraction of sp³-hybridized carbons (Fsp3) is 0.455. The number of methoxy groups -OCH3 is 1. The van der Waals surface area contributed by atoms with Gasteiger partial charge >= 0.3 is 0 Å². The van der Waals surface area contributed by atoms with Crippen LogP contribution in [0, 0.1) is 0 Å². The second-order valence-corrected chi connectivity index (χ2v) is 5.49. The minimum atomic E-state index is -3.82. The minimum absolute atomic E-state index is 0.0416. The molecule has 0 spiro atoms. The molecule has 0 saturated carbocycles. The summed E-state index contributed by atoms with van der Waals surface area (Å²) in [5.41, 5.74) is 0. The molecule has 0 aliphatic carbocycles. The van der Waals surface area contributed by atoms with Crippen LogP contribution in [-0.2, 0) is 14.8 Å². The van der Waals surface area contributed by atoms with Crippen LogP contribution in [0.1, 0.15) is 0 Å². The largest absolute Gasteiger partial charge is 0.507 e. The third-order valence-corrected chi connectivity index (χ3v) is 4.32. The monoisotopic (exact) mass is 275 g/mol. The molecular weight excluding hydrogens is 258 g/mol. The van der Waals surface area contributed by atoms with Gasteiger partial charge in [-0.3, -0.25) is 0 Å². The first-order valence-corrected chi connectivity index (χ1v) is 6.86. The molecule has 0 aliphatic rings. The molecule has 6 nitrogen and oxygen atoms in total. The van der Waals surface area contributed by atoms with E-state index in [9.17, 15) is 13.5 Å². The first-order valence-electron chi connectivity index (χ1n) is 5.42. The maximum Gasteiger partial charge on any atom is 0.246 e. The molecule has 0 atom stereocenters. The zero-order valence-electron chi connectivity index (χ0n) is 10.1. The molecule has 0 saturated heterocycles. The number of sulfonamides is 1. The number of rotatable bonds is 7. The number of phenols is 1. The molecule has 1 rings (SSSR count). The Bertz CT molecular complexity index is 474. The van der Waals surface area contributed by atoms with E-state index in [1.807, 2.05) is 0 Å². The van der Waals surface area contributed by atoms with Crippen molar-refractivity contribution >= 4 is 10.0 Å². The third kappa shape index (κ3) is 3.42. The van der Waals surface area contributed by atoms with E-state index in [0.717, 1.165) is 4.31 Å². The van der Waals surface area contributed by atoms with Crippen LogP contribution in [0.15, 0.2) is 29.2 Å². The number of aliphatic hydroxyl groups is 1. The molecule has 2 N–H and O–H groups in total. The van der Waals surface area contributed by atoms with Gasteiger partial charge in [0, 0.05) is 20.2 Å². The van der Waals surface area contributed by atoms with Gasteiger partial charge in [-0.1, -0.05) is 12.1 Å². The number of phenolic OH excluding ortho intramolecular Hbond substituents is 1. The molecule has 102 valence electrons. The average molecular weight is 275 g/mol. The molecule has 0 bridgehead atoms. The topological polar surface area (TPSA) is 87.1 Å². The molecule has 0 aliphatic heterocycles. The summed E-state index contributed by atoms with van der Waals surface area (Å²) >= 11 is 0. The molecule has 0 radical (unpaired) electrons. The van der Waals surface area contributed by atoms with Crippen LogP contribution in [0.4, 0.5) is 0 Å². The Morgan fingerprint density at radius 2 is 1.94 bits per heavy atom. The fourth-order valence-electron chi connectivity index (χ4n) is 1.47. The summed E-state index contributed by atoms with van der Waals surface area (Å²) < 4.78 is 30.4. The van der Waals surface area contributed by atoms with Crippen LogP contribution < -0.4 is 0 Å². The van der Waals surface area contributed by atoms with Gasteiger partial charge in [0.1, 0.15) is 10.6 Å². The highest BCUT2D eigenvalue weighted by Gasteiger charge is 2.26. The highest BCUT2D eigenvalue weighted by atomic mass is 32.2. The number of aliphatic hydroxyl groups excluding tert-OH is 1. The summed E-state index contributed by atoms with van der Waals surface area (Å²) in [5, 5.41) is 18.5. The molecule has 1 aromatic carbocycles. The van der Waals surface area contributed by atoms with Gasteiger partial charge in [-0.15, -0.1) is 0 Å². The van der Waals surface area contributed by atoms with Gasteiger partial charge in [0.25, 0.3) is 0 Å². The minimum Gasteiger partial charge on any atom is -0.507 e. The van der Waals surface area contributed by atoms with Crippen LogP contribution in [-0.4, -0.2) is 56.3 Å². The Balaban J connectivity index is 3.05. The van der Waals surface area contributed by atoms with Crippen molar-refractivity contribution in [3.05, 3.63) is 24.3 Å². The Kier molecular flexibility index (Phi) is 5.54. The van der Waals surface area contributed by atoms with Crippen molar-refractivity contribution in [2.75, 3.05) is 33.4 Å². The summed E-state index contributed by atoms with van der Waals surface area (Å²) in [6.07, 6.45) is 0. The second-order valence-electron chi connectivity index (χ2n) is 3.59. The van der Waals surface area contributed by atoms with Gasteiger partial charge < -0.3 is 14.9 Å². The molecule has 0 fully saturated rings. The quantitative estimate of drug-likeness (QED) is 0.732. The van der Waals surface area contributed by atoms with E-state index >= 15 is 0 Å². The number of nitrogens with zero attached hydrogens (tertiary/aromatic N) is 1. The summed E-state index contributed by atoms with van der Waals surface area (Å²) in [7, 11) is -2.36. The Labute approximate surface area is 106 Å². The Hall–Kier alpha value is -1.15. The standard InChI is InChI=1S/C11H17NO5S/c1-17-9-7-12(6-8-13)18(15,16)11-5-3-2-4-10(11)14/h2-5,13-14H,6-9H2,1H3. The van der Waals surface area contributed by atoms with Crippen molar-refractivity contribution < 1.29 is 23.4 Å². The van der Waals surface area contributed by atoms with E-state index in [4.69, 9.17) is 9.84 Å². The molecular formula is C11H17NO5S. The van der Waals surface area contributed by atoms with Crippen molar-refractivity contribution in [3.8, 4) is 5.75 Å². The summed E-state index contributed by atoms with van der Waals surface area (Å²) in [6.45, 7) is -0.00286. The number of aromatic hydroxyl groups is 1. The van der Waals surface area contributed by atoms with Crippen molar-refractivity contribution in [2.24, 2.45) is 0 Å². The number of ether oxygens (including phenoxy) is 1. The molecule has 1 aromatic rings. The van der Waals surface area contributed by atoms with Gasteiger partial charge in [-0.2, -0.15) is 4.31 Å². The molecule has 0 unspecified atom stereocenters. The van der Waals surface area contributed by atoms with E-state index in [-0.39, 0.29) is 36.9 Å². The van der Waals surface area contributed by atoms with Crippen LogP contribution in [0.5, 0.6) is 5.75 Å². The lowest BCUT2D eigenvalue weighted by atomic mass is 10.3. The first-order chi connectivity index (χ1) is 8.54. The highest BCUT2D eigenvalue weighted by molar-refractivity contribution is 7.89. The normalized spacial score (nSPS) is 11.9. The van der Waals surface area contributed by atoms with Gasteiger partial charge in [-0.05, 0) is 12.1 Å². The maximum absolute atomic E-state index is 12.2. The predicted molar refractivity (Wildman–Crippen MR) is 65.8 cm³/mol. The molecule has 0 amide bonds. The van der Waals surface area contributed by atoms with Crippen LogP contribution in [0.25, 0.3) is 0 Å². The Morgan fingerprint density at radius 1 is 1.28 bits per heavy atom. The van der Waals surface area contributed by atoms with E-state index < -0.39 is 10.0 Å². The SMILES string of the molecule is COCCN(CCO)S(=O)(=O)c1ccccc1O. The van der Waals surface area contributed by atoms with Crippen molar-refractivity contribution in [3.63, 3.8) is 0 Å². The summed E-state index contributed by atoms with van der Waals surface area (Å²) in [6, 6.07) is 5.70. The van der Waals surface area contributed by atoms with Crippen molar-refractivity contribution in [1.82, 2.24) is 4.31 Å². The van der Waals surface area contributed by atoms with Gasteiger partial charge in [-0.25, -0.2) is 8.42 Å². The van der Waals surface area contributed by atoms with E-state index in [2.05, 4.69) is 0 Å². The lowest BCUT2D eigenvalue weighted by Gasteiger charge is -2.21. The molecule has 0 heterocycles. The van der Waals surface area contributed by atoms with Crippen molar-refractivity contribution in [2.45, 2.75) is 4.90 Å². The average Bonchev–Trinajstić information content (AvgIpc) is 2.34. The zero-order valence-corrected chi connectivity index (χ0v) is 10.9. The van der Waals surface area contributed by atoms with Gasteiger partial charge in [0.05, 0.1) is 13.2 Å². The van der Waals surface area contributed by atoms with Crippen LogP contribution in [0.2, 0.25) is 0 Å². The molecule has 18 heavy (non-hydrogen) atoms. The van der Waals surface area contributed by atoms with Gasteiger partial charge in [0.15, 0.2) is 0 Å². The van der Waals surface area contributed by atoms with Crippen LogP contribution >= 0.6 is 0 Å². The van der Waals surface area contributed by atoms with Crippen molar-refractivity contribution in [1.29, 1.82) is 0 Å². The summed E-state index contributed by atoms with van der Waals surface area (Å²) in [5.74, 6) is -0.308. The highest BCUT2D eigenvalue weighted by Crippen LogP contribution is 2.24. The van der Waals surface area contributed by atoms with Crippen LogP contribution in [0.3, 0.4) is 0 Å². The number of hydrogen-bond donors (Lipinski definition) is 2. The third-order valence-electron chi connectivity index (χ3n) is 2.38. The second kappa shape index (κ2) is 6.69.